The van der Waals surface area contributed by atoms with E-state index in [1.54, 1.807) is 11.8 Å². The van der Waals surface area contributed by atoms with Crippen molar-refractivity contribution in [2.45, 2.75) is 42.9 Å². The molecule has 130 valence electrons. The van der Waals surface area contributed by atoms with Crippen LogP contribution >= 0.6 is 11.8 Å². The summed E-state index contributed by atoms with van der Waals surface area (Å²) in [5, 5.41) is 12.0. The van der Waals surface area contributed by atoms with Crippen LogP contribution in [0.15, 0.2) is 29.2 Å². The Kier molecular flexibility index (Phi) is 6.67. The Balaban J connectivity index is 2.00. The molecule has 0 unspecified atom stereocenters. The van der Waals surface area contributed by atoms with Gasteiger partial charge in [-0.25, -0.2) is 0 Å². The van der Waals surface area contributed by atoms with E-state index in [9.17, 15) is 4.79 Å². The van der Waals surface area contributed by atoms with E-state index < -0.39 is 0 Å². The maximum absolute atomic E-state index is 12.5. The smallest absolute Gasteiger partial charge is 0.238 e. The molecule has 1 saturated heterocycles. The third kappa shape index (κ3) is 5.23. The first kappa shape index (κ1) is 18.8. The van der Waals surface area contributed by atoms with E-state index in [1.165, 1.54) is 0 Å². The summed E-state index contributed by atoms with van der Waals surface area (Å²) in [4.78, 5) is 15.6. The Morgan fingerprint density at radius 1 is 1.50 bits per heavy atom. The van der Waals surface area contributed by atoms with Crippen LogP contribution in [0.1, 0.15) is 27.2 Å². The van der Waals surface area contributed by atoms with Gasteiger partial charge in [0.05, 0.1) is 31.5 Å². The maximum Gasteiger partial charge on any atom is 0.238 e. The minimum absolute atomic E-state index is 0.0223. The van der Waals surface area contributed by atoms with Crippen LogP contribution in [-0.2, 0) is 9.53 Å². The number of para-hydroxylation sites is 1. The lowest BCUT2D eigenvalue weighted by molar-refractivity contribution is -0.122. The number of nitrogens with one attached hydrogen (secondary N) is 1. The van der Waals surface area contributed by atoms with Crippen molar-refractivity contribution in [2.75, 3.05) is 31.6 Å². The molecule has 0 radical (unpaired) electrons. The predicted molar refractivity (Wildman–Crippen MR) is 97.1 cm³/mol. The highest BCUT2D eigenvalue weighted by Crippen LogP contribution is 2.31. The molecular weight excluding hydrogens is 322 g/mol. The first-order valence-electron chi connectivity index (χ1n) is 8.17. The van der Waals surface area contributed by atoms with Gasteiger partial charge in [-0.05, 0) is 26.0 Å². The predicted octanol–water partition coefficient (Wildman–Crippen LogP) is 3.13. The summed E-state index contributed by atoms with van der Waals surface area (Å²) in [5.74, 6) is -0.0223. The van der Waals surface area contributed by atoms with Gasteiger partial charge in [-0.1, -0.05) is 19.1 Å². The van der Waals surface area contributed by atoms with Crippen molar-refractivity contribution in [2.24, 2.45) is 0 Å². The summed E-state index contributed by atoms with van der Waals surface area (Å²) in [7, 11) is 0. The molecule has 0 aromatic heterocycles. The zero-order valence-electron chi connectivity index (χ0n) is 14.5. The molecule has 2 rings (SSSR count). The van der Waals surface area contributed by atoms with Crippen LogP contribution in [0.4, 0.5) is 5.69 Å². The second-order valence-corrected chi connectivity index (χ2v) is 8.10. The summed E-state index contributed by atoms with van der Waals surface area (Å²) in [6, 6.07) is 9.93. The van der Waals surface area contributed by atoms with E-state index in [0.29, 0.717) is 26.2 Å². The molecular formula is C18H25N3O2S. The third-order valence-electron chi connectivity index (χ3n) is 4.02. The molecule has 1 heterocycles. The second-order valence-electron chi connectivity index (χ2n) is 6.62. The number of carbonyl (C=O) groups excluding carboxylic acids is 1. The number of carbonyl (C=O) groups is 1. The van der Waals surface area contributed by atoms with Gasteiger partial charge in [0.2, 0.25) is 5.91 Å². The number of anilines is 1. The van der Waals surface area contributed by atoms with Gasteiger partial charge < -0.3 is 10.1 Å². The Labute approximate surface area is 148 Å². The van der Waals surface area contributed by atoms with Crippen LogP contribution in [-0.4, -0.2) is 47.9 Å². The Morgan fingerprint density at radius 3 is 2.96 bits per heavy atom. The lowest BCUT2D eigenvalue weighted by Crippen LogP contribution is -2.55. The standard InChI is InChI=1S/C18H25N3O2S/c1-14(8-9-19)24-16-7-5-4-6-15(16)20-17(22)12-21-10-11-23-13-18(21,2)3/h4-7,14H,8,10-13H2,1-3H3,(H,20,22)/t14-/m0/s1. The Morgan fingerprint density at radius 2 is 2.25 bits per heavy atom. The zero-order valence-corrected chi connectivity index (χ0v) is 15.4. The van der Waals surface area contributed by atoms with Crippen molar-refractivity contribution in [3.05, 3.63) is 24.3 Å². The summed E-state index contributed by atoms with van der Waals surface area (Å²) in [6.45, 7) is 8.61. The number of benzene rings is 1. The zero-order chi connectivity index (χ0) is 17.6. The number of amides is 1. The number of nitrogens with zero attached hydrogens (tertiary/aromatic N) is 2. The van der Waals surface area contributed by atoms with E-state index in [-0.39, 0.29) is 16.7 Å². The highest BCUT2D eigenvalue weighted by Gasteiger charge is 2.31. The monoisotopic (exact) mass is 347 g/mol. The van der Waals surface area contributed by atoms with Crippen molar-refractivity contribution < 1.29 is 9.53 Å². The van der Waals surface area contributed by atoms with Crippen molar-refractivity contribution in [3.8, 4) is 6.07 Å². The lowest BCUT2D eigenvalue weighted by atomic mass is 10.0. The molecule has 6 heteroatoms. The number of hydrogen-bond acceptors (Lipinski definition) is 5. The van der Waals surface area contributed by atoms with E-state index >= 15 is 0 Å². The molecule has 1 N–H and O–H groups in total. The fraction of sp³-hybridized carbons (Fsp3) is 0.556. The van der Waals surface area contributed by atoms with Crippen molar-refractivity contribution >= 4 is 23.4 Å². The van der Waals surface area contributed by atoms with Gasteiger partial charge in [-0.15, -0.1) is 11.8 Å². The molecule has 0 spiro atoms. The molecule has 5 nitrogen and oxygen atoms in total. The fourth-order valence-electron chi connectivity index (χ4n) is 2.61. The molecule has 1 amide bonds. The van der Waals surface area contributed by atoms with Gasteiger partial charge in [0, 0.05) is 28.6 Å². The van der Waals surface area contributed by atoms with Gasteiger partial charge >= 0.3 is 0 Å². The summed E-state index contributed by atoms with van der Waals surface area (Å²) >= 11 is 1.61. The Bertz CT molecular complexity index is 613. The van der Waals surface area contributed by atoms with Gasteiger partial charge in [-0.2, -0.15) is 5.26 Å². The van der Waals surface area contributed by atoms with E-state index in [0.717, 1.165) is 17.1 Å². The molecule has 0 aliphatic carbocycles. The first-order chi connectivity index (χ1) is 11.4. The lowest BCUT2D eigenvalue weighted by Gasteiger charge is -2.41. The summed E-state index contributed by atoms with van der Waals surface area (Å²) < 4.78 is 5.50. The number of ether oxygens (including phenoxy) is 1. The highest BCUT2D eigenvalue weighted by molar-refractivity contribution is 8.00. The van der Waals surface area contributed by atoms with Gasteiger partial charge in [0.1, 0.15) is 0 Å². The molecule has 1 aliphatic heterocycles. The molecule has 1 aliphatic rings. The summed E-state index contributed by atoms with van der Waals surface area (Å²) in [5.41, 5.74) is 0.675. The van der Waals surface area contributed by atoms with Crippen LogP contribution in [0.3, 0.4) is 0 Å². The van der Waals surface area contributed by atoms with Crippen molar-refractivity contribution in [1.82, 2.24) is 4.90 Å². The maximum atomic E-state index is 12.5. The largest absolute Gasteiger partial charge is 0.378 e. The van der Waals surface area contributed by atoms with Crippen LogP contribution < -0.4 is 5.32 Å². The van der Waals surface area contributed by atoms with Crippen molar-refractivity contribution in [1.29, 1.82) is 5.26 Å². The van der Waals surface area contributed by atoms with E-state index in [4.69, 9.17) is 10.00 Å². The molecule has 0 saturated carbocycles. The number of nitriles is 1. The SMILES string of the molecule is C[C@@H](CC#N)Sc1ccccc1NC(=O)CN1CCOCC1(C)C. The molecule has 24 heavy (non-hydrogen) atoms. The normalized spacial score (nSPS) is 18.6. The summed E-state index contributed by atoms with van der Waals surface area (Å²) in [6.07, 6.45) is 0.481. The first-order valence-corrected chi connectivity index (χ1v) is 9.05. The van der Waals surface area contributed by atoms with Crippen LogP contribution in [0.2, 0.25) is 0 Å². The Hall–Kier alpha value is -1.55. The molecule has 1 aromatic rings. The average Bonchev–Trinajstić information content (AvgIpc) is 2.51. The number of morpholine rings is 1. The molecule has 1 fully saturated rings. The number of rotatable bonds is 6. The number of hydrogen-bond donors (Lipinski definition) is 1. The highest BCUT2D eigenvalue weighted by atomic mass is 32.2. The van der Waals surface area contributed by atoms with Crippen LogP contribution in [0.5, 0.6) is 0 Å². The van der Waals surface area contributed by atoms with Gasteiger partial charge in [0.25, 0.3) is 0 Å². The fourth-order valence-corrected chi connectivity index (χ4v) is 3.60. The molecule has 1 atom stereocenters. The second kappa shape index (κ2) is 8.52. The van der Waals surface area contributed by atoms with E-state index in [2.05, 4.69) is 30.1 Å². The third-order valence-corrected chi connectivity index (χ3v) is 5.20. The van der Waals surface area contributed by atoms with Gasteiger partial charge in [0.15, 0.2) is 0 Å². The quantitative estimate of drug-likeness (QED) is 0.801. The van der Waals surface area contributed by atoms with Crippen molar-refractivity contribution in [3.63, 3.8) is 0 Å². The van der Waals surface area contributed by atoms with Gasteiger partial charge in [-0.3, -0.25) is 9.69 Å². The minimum Gasteiger partial charge on any atom is -0.378 e. The van der Waals surface area contributed by atoms with E-state index in [1.807, 2.05) is 31.2 Å². The topological polar surface area (TPSA) is 65.4 Å². The minimum atomic E-state index is -0.134. The molecule has 1 aromatic carbocycles. The number of thioether (sulfide) groups is 1. The van der Waals surface area contributed by atoms with Crippen LogP contribution in [0.25, 0.3) is 0 Å². The van der Waals surface area contributed by atoms with Crippen LogP contribution in [0, 0.1) is 11.3 Å². The average molecular weight is 347 g/mol. The molecule has 0 bridgehead atoms.